The Morgan fingerprint density at radius 3 is 2.50 bits per heavy atom. The lowest BCUT2D eigenvalue weighted by Crippen LogP contribution is -1.83. The monoisotopic (exact) mass is 154 g/mol. The minimum atomic E-state index is 0.563. The molecule has 1 aromatic rings. The fourth-order valence-corrected chi connectivity index (χ4v) is 0.655. The van der Waals surface area contributed by atoms with Crippen LogP contribution in [-0.4, -0.2) is 9.97 Å². The van der Waals surface area contributed by atoms with E-state index in [9.17, 15) is 0 Å². The summed E-state index contributed by atoms with van der Waals surface area (Å²) in [5.74, 6) is 0.687. The topological polar surface area (TPSA) is 25.8 Å². The first-order valence-corrected chi connectivity index (χ1v) is 3.31. The van der Waals surface area contributed by atoms with Crippen LogP contribution in [0.15, 0.2) is 18.5 Å². The van der Waals surface area contributed by atoms with Crippen LogP contribution in [0.1, 0.15) is 12.7 Å². The smallest absolute Gasteiger partial charge is 0.151 e. The van der Waals surface area contributed by atoms with Crippen molar-refractivity contribution >= 4 is 17.7 Å². The molecule has 0 amide bonds. The van der Waals surface area contributed by atoms with E-state index < -0.39 is 0 Å². The highest BCUT2D eigenvalue weighted by molar-refractivity contribution is 6.30. The van der Waals surface area contributed by atoms with Crippen molar-refractivity contribution in [2.24, 2.45) is 0 Å². The van der Waals surface area contributed by atoms with Gasteiger partial charge in [0.25, 0.3) is 0 Å². The molecule has 2 nitrogen and oxygen atoms in total. The van der Waals surface area contributed by atoms with Gasteiger partial charge < -0.3 is 0 Å². The zero-order valence-electron chi connectivity index (χ0n) is 5.58. The van der Waals surface area contributed by atoms with Crippen LogP contribution in [0.5, 0.6) is 0 Å². The van der Waals surface area contributed by atoms with Gasteiger partial charge in [-0.1, -0.05) is 17.7 Å². The van der Waals surface area contributed by atoms with Gasteiger partial charge in [0.1, 0.15) is 0 Å². The summed E-state index contributed by atoms with van der Waals surface area (Å²) in [6.07, 6.45) is 6.84. The van der Waals surface area contributed by atoms with E-state index in [1.165, 1.54) is 0 Å². The molecule has 0 saturated carbocycles. The van der Waals surface area contributed by atoms with E-state index in [-0.39, 0.29) is 0 Å². The van der Waals surface area contributed by atoms with Gasteiger partial charge in [0.05, 0.1) is 5.02 Å². The molecule has 0 saturated heterocycles. The molecular formula is C7H7ClN2. The summed E-state index contributed by atoms with van der Waals surface area (Å²) in [7, 11) is 0. The van der Waals surface area contributed by atoms with Crippen LogP contribution in [0.4, 0.5) is 0 Å². The number of rotatable bonds is 1. The quantitative estimate of drug-likeness (QED) is 0.620. The zero-order valence-corrected chi connectivity index (χ0v) is 6.34. The Hall–Kier alpha value is -0.890. The number of hydrogen-bond donors (Lipinski definition) is 0. The van der Waals surface area contributed by atoms with Crippen LogP contribution in [0.25, 0.3) is 6.08 Å². The summed E-state index contributed by atoms with van der Waals surface area (Å²) in [5, 5.41) is 0.563. The molecule has 0 aromatic carbocycles. The maximum Gasteiger partial charge on any atom is 0.151 e. The second kappa shape index (κ2) is 3.32. The van der Waals surface area contributed by atoms with Gasteiger partial charge >= 0.3 is 0 Å². The van der Waals surface area contributed by atoms with E-state index in [0.717, 1.165) is 0 Å². The van der Waals surface area contributed by atoms with Crippen LogP contribution < -0.4 is 0 Å². The van der Waals surface area contributed by atoms with Gasteiger partial charge in [0, 0.05) is 12.4 Å². The Morgan fingerprint density at radius 2 is 2.00 bits per heavy atom. The molecule has 0 bridgehead atoms. The standard InChI is InChI=1S/C7H7ClN2/c1-2-3-7-9-4-6(8)5-10-7/h2-5H,1H3. The van der Waals surface area contributed by atoms with Crippen molar-refractivity contribution in [3.63, 3.8) is 0 Å². The van der Waals surface area contributed by atoms with Crippen LogP contribution in [0.3, 0.4) is 0 Å². The summed E-state index contributed by atoms with van der Waals surface area (Å²) >= 11 is 5.56. The largest absolute Gasteiger partial charge is 0.236 e. The highest BCUT2D eigenvalue weighted by Crippen LogP contribution is 2.03. The van der Waals surface area contributed by atoms with Crippen molar-refractivity contribution in [3.8, 4) is 0 Å². The summed E-state index contributed by atoms with van der Waals surface area (Å²) < 4.78 is 0. The number of nitrogens with zero attached hydrogens (tertiary/aromatic N) is 2. The second-order valence-corrected chi connectivity index (χ2v) is 2.20. The molecule has 0 aliphatic carbocycles. The predicted octanol–water partition coefficient (Wildman–Crippen LogP) is 2.16. The first-order chi connectivity index (χ1) is 4.83. The van der Waals surface area contributed by atoms with Crippen LogP contribution in [0.2, 0.25) is 5.02 Å². The fourth-order valence-electron chi connectivity index (χ4n) is 0.557. The van der Waals surface area contributed by atoms with E-state index >= 15 is 0 Å². The van der Waals surface area contributed by atoms with Gasteiger partial charge in [-0.25, -0.2) is 9.97 Å². The molecule has 0 aliphatic rings. The van der Waals surface area contributed by atoms with Gasteiger partial charge in [-0.15, -0.1) is 0 Å². The highest BCUT2D eigenvalue weighted by atomic mass is 35.5. The molecule has 0 radical (unpaired) electrons. The van der Waals surface area contributed by atoms with Crippen LogP contribution in [0, 0.1) is 0 Å². The van der Waals surface area contributed by atoms with Crippen molar-refractivity contribution in [2.75, 3.05) is 0 Å². The third kappa shape index (κ3) is 1.81. The molecule has 0 unspecified atom stereocenters. The zero-order chi connectivity index (χ0) is 7.40. The van der Waals surface area contributed by atoms with Gasteiger partial charge in [0.15, 0.2) is 5.82 Å². The van der Waals surface area contributed by atoms with Gasteiger partial charge in [0.2, 0.25) is 0 Å². The highest BCUT2D eigenvalue weighted by Gasteiger charge is 1.87. The lowest BCUT2D eigenvalue weighted by Gasteiger charge is -1.89. The minimum absolute atomic E-state index is 0.563. The lowest BCUT2D eigenvalue weighted by molar-refractivity contribution is 1.13. The van der Waals surface area contributed by atoms with Crippen molar-refractivity contribution < 1.29 is 0 Å². The molecule has 1 aromatic heterocycles. The van der Waals surface area contributed by atoms with Crippen LogP contribution in [-0.2, 0) is 0 Å². The van der Waals surface area contributed by atoms with Crippen molar-refractivity contribution in [1.82, 2.24) is 9.97 Å². The number of aromatic nitrogens is 2. The molecular weight excluding hydrogens is 148 g/mol. The molecule has 0 spiro atoms. The van der Waals surface area contributed by atoms with Crippen molar-refractivity contribution in [3.05, 3.63) is 29.3 Å². The summed E-state index contributed by atoms with van der Waals surface area (Å²) in [6.45, 7) is 1.91. The van der Waals surface area contributed by atoms with E-state index in [0.29, 0.717) is 10.8 Å². The van der Waals surface area contributed by atoms with Gasteiger partial charge in [-0.2, -0.15) is 0 Å². The third-order valence-corrected chi connectivity index (χ3v) is 1.15. The molecule has 0 N–H and O–H groups in total. The molecule has 0 fully saturated rings. The predicted molar refractivity (Wildman–Crippen MR) is 41.8 cm³/mol. The number of hydrogen-bond acceptors (Lipinski definition) is 2. The number of halogens is 1. The Kier molecular flexibility index (Phi) is 2.40. The Bertz CT molecular complexity index is 228. The van der Waals surface area contributed by atoms with Crippen LogP contribution >= 0.6 is 11.6 Å². The first-order valence-electron chi connectivity index (χ1n) is 2.93. The molecule has 0 atom stereocenters. The number of allylic oxidation sites excluding steroid dienone is 1. The van der Waals surface area contributed by atoms with Crippen molar-refractivity contribution in [1.29, 1.82) is 0 Å². The molecule has 1 rings (SSSR count). The molecule has 0 aliphatic heterocycles. The third-order valence-electron chi connectivity index (χ3n) is 0.956. The molecule has 3 heteroatoms. The fraction of sp³-hybridized carbons (Fsp3) is 0.143. The SMILES string of the molecule is CC=Cc1ncc(Cl)cn1. The first kappa shape index (κ1) is 7.22. The van der Waals surface area contributed by atoms with Crippen molar-refractivity contribution in [2.45, 2.75) is 6.92 Å². The molecule has 10 heavy (non-hydrogen) atoms. The average molecular weight is 155 g/mol. The Labute approximate surface area is 64.6 Å². The maximum absolute atomic E-state index is 5.56. The molecule has 1 heterocycles. The second-order valence-electron chi connectivity index (χ2n) is 1.76. The van der Waals surface area contributed by atoms with Gasteiger partial charge in [-0.3, -0.25) is 0 Å². The molecule has 52 valence electrons. The summed E-state index contributed by atoms with van der Waals surface area (Å²) in [6, 6.07) is 0. The normalized spacial score (nSPS) is 10.6. The Morgan fingerprint density at radius 1 is 1.40 bits per heavy atom. The van der Waals surface area contributed by atoms with Gasteiger partial charge in [-0.05, 0) is 13.0 Å². The average Bonchev–Trinajstić information content (AvgIpc) is 1.95. The van der Waals surface area contributed by atoms with E-state index in [2.05, 4.69) is 9.97 Å². The maximum atomic E-state index is 5.56. The Balaban J connectivity index is 2.89. The van der Waals surface area contributed by atoms with E-state index in [4.69, 9.17) is 11.6 Å². The van der Waals surface area contributed by atoms with E-state index in [1.54, 1.807) is 12.4 Å². The summed E-state index contributed by atoms with van der Waals surface area (Å²) in [5.41, 5.74) is 0. The lowest BCUT2D eigenvalue weighted by atomic mass is 10.5. The van der Waals surface area contributed by atoms with E-state index in [1.807, 2.05) is 19.1 Å². The minimum Gasteiger partial charge on any atom is -0.236 e. The summed E-state index contributed by atoms with van der Waals surface area (Å²) in [4.78, 5) is 7.88.